The monoisotopic (exact) mass is 793 g/mol. The number of benzene rings is 3. The fourth-order valence-electron chi connectivity index (χ4n) is 5.29. The third-order valence-electron chi connectivity index (χ3n) is 8.05. The quantitative estimate of drug-likeness (QED) is 0.0427. The molecule has 0 spiro atoms. The second kappa shape index (κ2) is 22.5. The summed E-state index contributed by atoms with van der Waals surface area (Å²) in [5, 5.41) is 1.19. The topological polar surface area (TPSA) is 101 Å². The SMILES string of the molecule is CN(C)C(=O)c1ccccc1.CSc1ccc(C(c2ccccc2)c2ccc(CS)[nH]2)[nH]1.O=C(c1ccccc1)c1ccc(CS)[nH]1.SCc1ccc[nH]1. The molecule has 0 aliphatic rings. The highest BCUT2D eigenvalue weighted by molar-refractivity contribution is 7.98. The van der Waals surface area contributed by atoms with Gasteiger partial charge in [0.1, 0.15) is 0 Å². The number of nitrogens with zero attached hydrogens (tertiary/aromatic N) is 1. The number of carbonyl (C=O) groups excluding carboxylic acids is 2. The Morgan fingerprint density at radius 1 is 0.593 bits per heavy atom. The van der Waals surface area contributed by atoms with Gasteiger partial charge < -0.3 is 24.8 Å². The van der Waals surface area contributed by atoms with Crippen molar-refractivity contribution in [1.82, 2.24) is 24.8 Å². The molecule has 11 heteroatoms. The number of thioether (sulfide) groups is 1. The van der Waals surface area contributed by atoms with Crippen LogP contribution in [0.1, 0.15) is 66.4 Å². The van der Waals surface area contributed by atoms with E-state index in [4.69, 9.17) is 0 Å². The maximum Gasteiger partial charge on any atom is 0.253 e. The van der Waals surface area contributed by atoms with E-state index in [0.717, 1.165) is 28.5 Å². The number of aromatic nitrogens is 4. The van der Waals surface area contributed by atoms with Gasteiger partial charge in [-0.2, -0.15) is 37.9 Å². The molecule has 3 aromatic carbocycles. The fourth-order valence-corrected chi connectivity index (χ4v) is 6.27. The summed E-state index contributed by atoms with van der Waals surface area (Å²) in [6.07, 6.45) is 3.98. The lowest BCUT2D eigenvalue weighted by molar-refractivity contribution is 0.0827. The summed E-state index contributed by atoms with van der Waals surface area (Å²) in [6.45, 7) is 0. The second-order valence-electron chi connectivity index (χ2n) is 12.1. The van der Waals surface area contributed by atoms with E-state index in [1.165, 1.54) is 27.7 Å². The van der Waals surface area contributed by atoms with Crippen molar-refractivity contribution in [3.05, 3.63) is 197 Å². The van der Waals surface area contributed by atoms with Gasteiger partial charge in [-0.1, -0.05) is 78.9 Å². The highest BCUT2D eigenvalue weighted by Crippen LogP contribution is 2.32. The van der Waals surface area contributed by atoms with Crippen LogP contribution in [-0.4, -0.2) is 56.9 Å². The van der Waals surface area contributed by atoms with Crippen LogP contribution in [0.5, 0.6) is 0 Å². The van der Waals surface area contributed by atoms with Crippen LogP contribution in [0.4, 0.5) is 0 Å². The smallest absolute Gasteiger partial charge is 0.253 e. The molecular formula is C43H47N5O2S4. The second-order valence-corrected chi connectivity index (χ2v) is 13.9. The van der Waals surface area contributed by atoms with Crippen LogP contribution in [0.2, 0.25) is 0 Å². The summed E-state index contributed by atoms with van der Waals surface area (Å²) in [4.78, 5) is 37.8. The van der Waals surface area contributed by atoms with E-state index in [0.29, 0.717) is 17.0 Å². The van der Waals surface area contributed by atoms with E-state index < -0.39 is 0 Å². The number of ketones is 1. The number of amides is 1. The van der Waals surface area contributed by atoms with Crippen LogP contribution in [0.3, 0.4) is 0 Å². The van der Waals surface area contributed by atoms with Gasteiger partial charge in [0.15, 0.2) is 0 Å². The van der Waals surface area contributed by atoms with Gasteiger partial charge in [-0.05, 0) is 72.5 Å². The highest BCUT2D eigenvalue weighted by Gasteiger charge is 2.19. The van der Waals surface area contributed by atoms with Crippen molar-refractivity contribution in [1.29, 1.82) is 0 Å². The summed E-state index contributed by atoms with van der Waals surface area (Å²) < 4.78 is 0. The van der Waals surface area contributed by atoms with Crippen LogP contribution >= 0.6 is 49.6 Å². The van der Waals surface area contributed by atoms with E-state index in [1.807, 2.05) is 85.1 Å². The fraction of sp³-hybridized carbons (Fsp3) is 0.163. The van der Waals surface area contributed by atoms with Crippen LogP contribution in [0.15, 0.2) is 151 Å². The summed E-state index contributed by atoms with van der Waals surface area (Å²) in [7, 11) is 3.49. The number of hydrogen-bond donors (Lipinski definition) is 7. The number of carbonyl (C=O) groups is 2. The number of H-pyrrole nitrogens is 4. The van der Waals surface area contributed by atoms with E-state index in [1.54, 1.807) is 36.8 Å². The lowest BCUT2D eigenvalue weighted by Gasteiger charge is -2.15. The predicted molar refractivity (Wildman–Crippen MR) is 235 cm³/mol. The van der Waals surface area contributed by atoms with Gasteiger partial charge in [0.2, 0.25) is 5.78 Å². The Bertz CT molecular complexity index is 2050. The molecule has 0 saturated heterocycles. The zero-order chi connectivity index (χ0) is 38.7. The zero-order valence-corrected chi connectivity index (χ0v) is 34.1. The molecule has 7 nitrogen and oxygen atoms in total. The summed E-state index contributed by atoms with van der Waals surface area (Å²) in [5.41, 5.74) is 9.00. The largest absolute Gasteiger partial charge is 0.364 e. The molecule has 0 saturated carbocycles. The van der Waals surface area contributed by atoms with Crippen molar-refractivity contribution in [2.24, 2.45) is 0 Å². The third kappa shape index (κ3) is 12.7. The predicted octanol–water partition coefficient (Wildman–Crippen LogP) is 10.2. The molecule has 1 atom stereocenters. The number of thiol groups is 3. The Morgan fingerprint density at radius 2 is 1.13 bits per heavy atom. The lowest BCUT2D eigenvalue weighted by atomic mass is 9.93. The first-order chi connectivity index (χ1) is 26.3. The van der Waals surface area contributed by atoms with E-state index in [-0.39, 0.29) is 17.6 Å². The molecule has 1 amide bonds. The van der Waals surface area contributed by atoms with Crippen molar-refractivity contribution in [3.8, 4) is 0 Å². The molecule has 4 heterocycles. The molecular weight excluding hydrogens is 747 g/mol. The van der Waals surface area contributed by atoms with Gasteiger partial charge in [-0.3, -0.25) is 9.59 Å². The molecule has 7 aromatic rings. The Hall–Kier alpha value is -4.68. The maximum atomic E-state index is 11.9. The minimum absolute atomic E-state index is 0.0173. The summed E-state index contributed by atoms with van der Waals surface area (Å²) in [6, 6.07) is 45.2. The minimum Gasteiger partial charge on any atom is -0.364 e. The first-order valence-electron chi connectivity index (χ1n) is 17.2. The van der Waals surface area contributed by atoms with Crippen LogP contribution in [-0.2, 0) is 17.3 Å². The molecule has 0 aliphatic carbocycles. The molecule has 1 unspecified atom stereocenters. The van der Waals surface area contributed by atoms with Gasteiger partial charge in [-0.25, -0.2) is 0 Å². The third-order valence-corrected chi connectivity index (χ3v) is 9.75. The molecule has 4 N–H and O–H groups in total. The standard InChI is InChI=1S/C17H18N2S2.C12H11NOS.C9H11NO.C5H7NS/c1-21-16-10-9-15(19-16)17(12-5-3-2-4-6-12)14-8-7-13(11-20)18-14;14-12(9-4-2-1-3-5-9)11-7-6-10(8-15)13-11;1-10(2)9(11)8-6-4-3-5-7-8;7-4-5-2-1-3-6-5/h2-10,17-20H,11H2,1H3;1-7,13,15H,8H2;3-7H,1-2H3;1-3,6-7H,4H2. The Labute approximate surface area is 339 Å². The molecule has 0 bridgehead atoms. The highest BCUT2D eigenvalue weighted by atomic mass is 32.2. The van der Waals surface area contributed by atoms with Gasteiger partial charge in [-0.15, -0.1) is 11.8 Å². The maximum absolute atomic E-state index is 11.9. The molecule has 0 radical (unpaired) electrons. The lowest BCUT2D eigenvalue weighted by Crippen LogP contribution is -2.21. The molecule has 280 valence electrons. The van der Waals surface area contributed by atoms with E-state index in [2.05, 4.69) is 119 Å². The molecule has 0 fully saturated rings. The first kappa shape index (κ1) is 42.1. The molecule has 0 aliphatic heterocycles. The number of aromatic amines is 4. The number of rotatable bonds is 10. The van der Waals surface area contributed by atoms with Crippen LogP contribution < -0.4 is 0 Å². The van der Waals surface area contributed by atoms with Crippen molar-refractivity contribution < 1.29 is 9.59 Å². The first-order valence-corrected chi connectivity index (χ1v) is 20.3. The Morgan fingerprint density at radius 3 is 1.61 bits per heavy atom. The van der Waals surface area contributed by atoms with E-state index >= 15 is 0 Å². The van der Waals surface area contributed by atoms with Crippen LogP contribution in [0, 0.1) is 0 Å². The van der Waals surface area contributed by atoms with E-state index in [9.17, 15) is 9.59 Å². The normalized spacial score (nSPS) is 10.8. The number of hydrogen-bond acceptors (Lipinski definition) is 6. The van der Waals surface area contributed by atoms with Gasteiger partial charge in [0, 0.05) is 77.1 Å². The van der Waals surface area contributed by atoms with Crippen molar-refractivity contribution in [2.75, 3.05) is 20.4 Å². The van der Waals surface area contributed by atoms with Gasteiger partial charge in [0.05, 0.1) is 16.6 Å². The minimum atomic E-state index is 0.0173. The molecule has 54 heavy (non-hydrogen) atoms. The summed E-state index contributed by atoms with van der Waals surface area (Å²) >= 11 is 14.3. The molecule has 4 aromatic heterocycles. The average molecular weight is 794 g/mol. The van der Waals surface area contributed by atoms with Crippen molar-refractivity contribution in [3.63, 3.8) is 0 Å². The number of nitrogens with one attached hydrogen (secondary N) is 4. The van der Waals surface area contributed by atoms with Crippen LogP contribution in [0.25, 0.3) is 0 Å². The van der Waals surface area contributed by atoms with Crippen molar-refractivity contribution in [2.45, 2.75) is 28.2 Å². The molecule has 7 rings (SSSR count). The summed E-state index contributed by atoms with van der Waals surface area (Å²) in [5.74, 6) is 2.40. The van der Waals surface area contributed by atoms with Crippen molar-refractivity contribution >= 4 is 61.3 Å². The van der Waals surface area contributed by atoms with Gasteiger partial charge in [0.25, 0.3) is 5.91 Å². The Kier molecular flexibility index (Phi) is 17.5. The zero-order valence-electron chi connectivity index (χ0n) is 30.6. The Balaban J connectivity index is 0.000000172. The average Bonchev–Trinajstić information content (AvgIpc) is 4.08. The van der Waals surface area contributed by atoms with Gasteiger partial charge >= 0.3 is 0 Å².